The number of hydrogen-bond donors (Lipinski definition) is 3. The number of hydrogen-bond acceptors (Lipinski definition) is 8. The number of nitrogens with one attached hydrogen (secondary N) is 2. The zero-order chi connectivity index (χ0) is 32.3. The summed E-state index contributed by atoms with van der Waals surface area (Å²) < 4.78 is 17.5. The fraction of sp³-hybridized carbons (Fsp3) is 0.194. The summed E-state index contributed by atoms with van der Waals surface area (Å²) in [5.74, 6) is 0.864. The molecule has 0 saturated heterocycles. The molecular weight excluding hydrogens is 600 g/mol. The van der Waals surface area contributed by atoms with Gasteiger partial charge in [-0.2, -0.15) is 0 Å². The van der Waals surface area contributed by atoms with Gasteiger partial charge in [0.15, 0.2) is 0 Å². The molecule has 0 unspecified atom stereocenters. The topological polar surface area (TPSA) is 125 Å². The van der Waals surface area contributed by atoms with Crippen molar-refractivity contribution in [3.8, 4) is 27.8 Å². The van der Waals surface area contributed by atoms with E-state index in [4.69, 9.17) is 19.9 Å². The normalized spacial score (nSPS) is 10.7. The van der Waals surface area contributed by atoms with E-state index in [1.54, 1.807) is 60.0 Å². The van der Waals surface area contributed by atoms with Crippen LogP contribution in [-0.4, -0.2) is 37.1 Å². The van der Waals surface area contributed by atoms with Gasteiger partial charge in [0, 0.05) is 34.8 Å². The summed E-state index contributed by atoms with van der Waals surface area (Å²) in [5.41, 5.74) is 10.7. The number of rotatable bonds is 14. The number of carbonyl (C=O) groups is 2. The van der Waals surface area contributed by atoms with E-state index in [-0.39, 0.29) is 18.4 Å². The van der Waals surface area contributed by atoms with Gasteiger partial charge < -0.3 is 30.6 Å². The van der Waals surface area contributed by atoms with Crippen LogP contribution in [0.4, 0.5) is 5.69 Å². The standard InChI is InChI=1S/C36H36N4O5S/c1-24-8-11-28(32(20-24)45-23-25-9-12-26(13-10-25)36-38-17-19-46-36)22-39-34(41)27-14-15-30(33(21-27)43-2)40-35(42)29-6-3-4-7-31(29)44-18-5-16-37/h3-4,6-15,17,19-21H,5,16,18,22-23,37H2,1-2H3,(H,39,41)(H,40,42). The lowest BCUT2D eigenvalue weighted by Crippen LogP contribution is -2.23. The Balaban J connectivity index is 1.21. The van der Waals surface area contributed by atoms with Gasteiger partial charge in [0.05, 0.1) is 25.0 Å². The third-order valence-electron chi connectivity index (χ3n) is 7.14. The number of anilines is 1. The molecule has 2 amide bonds. The van der Waals surface area contributed by atoms with Crippen LogP contribution < -0.4 is 30.6 Å². The number of thiazole rings is 1. The minimum absolute atomic E-state index is 0.263. The molecule has 0 radical (unpaired) electrons. The van der Waals surface area contributed by atoms with Gasteiger partial charge in [0.2, 0.25) is 0 Å². The highest BCUT2D eigenvalue weighted by molar-refractivity contribution is 7.13. The van der Waals surface area contributed by atoms with Crippen LogP contribution in [0, 0.1) is 6.92 Å². The van der Waals surface area contributed by atoms with E-state index in [0.29, 0.717) is 60.2 Å². The Hall–Kier alpha value is -5.19. The Morgan fingerprint density at radius 2 is 1.72 bits per heavy atom. The number of methoxy groups -OCH3 is 1. The van der Waals surface area contributed by atoms with Gasteiger partial charge in [-0.1, -0.05) is 48.5 Å². The zero-order valence-electron chi connectivity index (χ0n) is 25.7. The molecule has 5 rings (SSSR count). The molecule has 46 heavy (non-hydrogen) atoms. The molecule has 5 aromatic rings. The van der Waals surface area contributed by atoms with E-state index in [1.165, 1.54) is 7.11 Å². The molecule has 0 saturated carbocycles. The van der Waals surface area contributed by atoms with Crippen LogP contribution in [0.3, 0.4) is 0 Å². The second-order valence-electron chi connectivity index (χ2n) is 10.5. The zero-order valence-corrected chi connectivity index (χ0v) is 26.6. The molecule has 0 aliphatic rings. The van der Waals surface area contributed by atoms with Crippen LogP contribution in [0.25, 0.3) is 10.6 Å². The first-order chi connectivity index (χ1) is 22.4. The van der Waals surface area contributed by atoms with Crippen molar-refractivity contribution in [2.24, 2.45) is 5.73 Å². The number of para-hydroxylation sites is 1. The van der Waals surface area contributed by atoms with Gasteiger partial charge in [0.1, 0.15) is 28.9 Å². The average Bonchev–Trinajstić information content (AvgIpc) is 3.63. The lowest BCUT2D eigenvalue weighted by Gasteiger charge is -2.15. The first-order valence-electron chi connectivity index (χ1n) is 14.9. The monoisotopic (exact) mass is 636 g/mol. The highest BCUT2D eigenvalue weighted by atomic mass is 32.1. The minimum atomic E-state index is -0.360. The van der Waals surface area contributed by atoms with E-state index in [0.717, 1.165) is 27.3 Å². The Bertz CT molecular complexity index is 1770. The average molecular weight is 637 g/mol. The summed E-state index contributed by atoms with van der Waals surface area (Å²) >= 11 is 1.60. The molecule has 1 heterocycles. The molecule has 1 aromatic heterocycles. The highest BCUT2D eigenvalue weighted by Crippen LogP contribution is 2.29. The van der Waals surface area contributed by atoms with Crippen molar-refractivity contribution in [3.05, 3.63) is 124 Å². The van der Waals surface area contributed by atoms with Crippen molar-refractivity contribution in [3.63, 3.8) is 0 Å². The fourth-order valence-electron chi connectivity index (χ4n) is 4.66. The van der Waals surface area contributed by atoms with Gasteiger partial charge in [-0.25, -0.2) is 4.98 Å². The number of amides is 2. The lowest BCUT2D eigenvalue weighted by molar-refractivity contribution is 0.0949. The molecule has 0 atom stereocenters. The second kappa shape index (κ2) is 15.7. The molecule has 0 fully saturated rings. The van der Waals surface area contributed by atoms with Gasteiger partial charge in [-0.15, -0.1) is 11.3 Å². The third kappa shape index (κ3) is 8.29. The molecule has 236 valence electrons. The van der Waals surface area contributed by atoms with Crippen molar-refractivity contribution in [2.75, 3.05) is 25.6 Å². The number of ether oxygens (including phenoxy) is 3. The summed E-state index contributed by atoms with van der Waals surface area (Å²) in [6.07, 6.45) is 2.47. The fourth-order valence-corrected chi connectivity index (χ4v) is 5.31. The van der Waals surface area contributed by atoms with Crippen molar-refractivity contribution in [1.82, 2.24) is 10.3 Å². The predicted octanol–water partition coefficient (Wildman–Crippen LogP) is 6.62. The maximum absolute atomic E-state index is 13.2. The van der Waals surface area contributed by atoms with Gasteiger partial charge in [-0.05, 0) is 67.4 Å². The van der Waals surface area contributed by atoms with Crippen LogP contribution in [-0.2, 0) is 13.2 Å². The number of nitrogens with two attached hydrogens (primary N) is 1. The minimum Gasteiger partial charge on any atom is -0.495 e. The Kier molecular flexibility index (Phi) is 11.0. The van der Waals surface area contributed by atoms with Crippen LogP contribution >= 0.6 is 11.3 Å². The molecule has 4 aromatic carbocycles. The second-order valence-corrected chi connectivity index (χ2v) is 11.4. The summed E-state index contributed by atoms with van der Waals surface area (Å²) in [6, 6.07) is 25.9. The smallest absolute Gasteiger partial charge is 0.259 e. The molecule has 9 nitrogen and oxygen atoms in total. The predicted molar refractivity (Wildman–Crippen MR) is 181 cm³/mol. The Morgan fingerprint density at radius 1 is 0.891 bits per heavy atom. The molecule has 0 spiro atoms. The SMILES string of the molecule is COc1cc(C(=O)NCc2ccc(C)cc2OCc2ccc(-c3nccs3)cc2)ccc1NC(=O)c1ccccc1OCCCN. The lowest BCUT2D eigenvalue weighted by atomic mass is 10.1. The number of carbonyl (C=O) groups excluding carboxylic acids is 2. The van der Waals surface area contributed by atoms with E-state index in [2.05, 4.69) is 15.6 Å². The quantitative estimate of drug-likeness (QED) is 0.117. The maximum Gasteiger partial charge on any atom is 0.259 e. The van der Waals surface area contributed by atoms with E-state index < -0.39 is 0 Å². The highest BCUT2D eigenvalue weighted by Gasteiger charge is 2.17. The van der Waals surface area contributed by atoms with Crippen LogP contribution in [0.2, 0.25) is 0 Å². The molecule has 0 aliphatic heterocycles. The van der Waals surface area contributed by atoms with E-state index in [1.807, 2.05) is 54.8 Å². The summed E-state index contributed by atoms with van der Waals surface area (Å²) in [6.45, 7) is 3.55. The first-order valence-corrected chi connectivity index (χ1v) is 15.7. The Morgan fingerprint density at radius 3 is 2.48 bits per heavy atom. The molecule has 4 N–H and O–H groups in total. The summed E-state index contributed by atoms with van der Waals surface area (Å²) in [7, 11) is 1.49. The first kappa shape index (κ1) is 32.2. The van der Waals surface area contributed by atoms with Crippen molar-refractivity contribution >= 4 is 28.8 Å². The molecule has 0 aliphatic carbocycles. The van der Waals surface area contributed by atoms with E-state index in [9.17, 15) is 9.59 Å². The van der Waals surface area contributed by atoms with Gasteiger partial charge in [-0.3, -0.25) is 9.59 Å². The summed E-state index contributed by atoms with van der Waals surface area (Å²) in [4.78, 5) is 30.6. The number of nitrogens with zero attached hydrogens (tertiary/aromatic N) is 1. The van der Waals surface area contributed by atoms with Crippen molar-refractivity contribution < 1.29 is 23.8 Å². The van der Waals surface area contributed by atoms with Gasteiger partial charge >= 0.3 is 0 Å². The van der Waals surface area contributed by atoms with Crippen LogP contribution in [0.5, 0.6) is 17.2 Å². The van der Waals surface area contributed by atoms with E-state index >= 15 is 0 Å². The van der Waals surface area contributed by atoms with Crippen molar-refractivity contribution in [2.45, 2.75) is 26.5 Å². The van der Waals surface area contributed by atoms with Crippen LogP contribution in [0.1, 0.15) is 43.8 Å². The number of aryl methyl sites for hydroxylation is 1. The van der Waals surface area contributed by atoms with Crippen molar-refractivity contribution in [1.29, 1.82) is 0 Å². The Labute approximate surface area is 272 Å². The molecule has 10 heteroatoms. The number of aromatic nitrogens is 1. The molecular formula is C36H36N4O5S. The largest absolute Gasteiger partial charge is 0.495 e. The van der Waals surface area contributed by atoms with Crippen LogP contribution in [0.15, 0.2) is 96.5 Å². The third-order valence-corrected chi connectivity index (χ3v) is 7.96. The maximum atomic E-state index is 13.2. The molecule has 0 bridgehead atoms. The number of benzene rings is 4. The summed E-state index contributed by atoms with van der Waals surface area (Å²) in [5, 5.41) is 8.77. The van der Waals surface area contributed by atoms with Gasteiger partial charge in [0.25, 0.3) is 11.8 Å².